The molecule has 0 amide bonds. The molecule has 2 N–H and O–H groups in total. The summed E-state index contributed by atoms with van der Waals surface area (Å²) in [6, 6.07) is 6.01. The van der Waals surface area contributed by atoms with E-state index in [-0.39, 0.29) is 0 Å². The first-order valence-corrected chi connectivity index (χ1v) is 6.48. The Hall–Kier alpha value is -1.46. The second-order valence-corrected chi connectivity index (χ2v) is 5.15. The van der Waals surface area contributed by atoms with Crippen molar-refractivity contribution in [2.75, 3.05) is 20.1 Å². The normalized spacial score (nSPS) is 20.9. The van der Waals surface area contributed by atoms with Gasteiger partial charge in [-0.05, 0) is 38.1 Å². The number of aromatic nitrogens is 3. The predicted octanol–water partition coefficient (Wildman–Crippen LogP) is 0.682. The summed E-state index contributed by atoms with van der Waals surface area (Å²) >= 11 is 0. The van der Waals surface area contributed by atoms with Crippen molar-refractivity contribution in [1.82, 2.24) is 19.5 Å². The van der Waals surface area contributed by atoms with Crippen molar-refractivity contribution >= 4 is 5.65 Å². The van der Waals surface area contributed by atoms with Crippen LogP contribution in [0.3, 0.4) is 0 Å². The molecule has 1 atom stereocenters. The summed E-state index contributed by atoms with van der Waals surface area (Å²) in [6.45, 7) is 2.86. The summed E-state index contributed by atoms with van der Waals surface area (Å²) in [7, 11) is 2.17. The van der Waals surface area contributed by atoms with Gasteiger partial charge in [-0.2, -0.15) is 0 Å². The summed E-state index contributed by atoms with van der Waals surface area (Å²) in [5.41, 5.74) is 7.77. The van der Waals surface area contributed by atoms with Gasteiger partial charge in [-0.3, -0.25) is 4.40 Å². The number of nitrogens with two attached hydrogens (primary N) is 1. The Balaban J connectivity index is 1.92. The van der Waals surface area contributed by atoms with Gasteiger partial charge in [-0.15, -0.1) is 10.2 Å². The first kappa shape index (κ1) is 11.6. The van der Waals surface area contributed by atoms with E-state index in [1.807, 2.05) is 18.2 Å². The highest BCUT2D eigenvalue weighted by Gasteiger charge is 2.22. The number of hydrogen-bond donors (Lipinski definition) is 1. The monoisotopic (exact) mass is 245 g/mol. The van der Waals surface area contributed by atoms with Gasteiger partial charge < -0.3 is 10.6 Å². The number of nitrogens with zero attached hydrogens (tertiary/aromatic N) is 4. The fraction of sp³-hybridized carbons (Fsp3) is 0.538. The fourth-order valence-corrected chi connectivity index (χ4v) is 2.81. The molecule has 3 rings (SSSR count). The van der Waals surface area contributed by atoms with Crippen molar-refractivity contribution in [3.8, 4) is 0 Å². The van der Waals surface area contributed by atoms with E-state index in [1.165, 1.54) is 13.0 Å². The molecule has 1 aliphatic rings. The van der Waals surface area contributed by atoms with Crippen molar-refractivity contribution in [2.45, 2.75) is 19.4 Å². The van der Waals surface area contributed by atoms with Crippen LogP contribution in [0.15, 0.2) is 18.2 Å². The molecule has 1 aliphatic heterocycles. The SMILES string of the molecule is CN1CCC(Cc2nnc3cccc(CN)n23)C1. The lowest BCUT2D eigenvalue weighted by Crippen LogP contribution is -2.16. The van der Waals surface area contributed by atoms with Crippen LogP contribution in [-0.4, -0.2) is 39.6 Å². The largest absolute Gasteiger partial charge is 0.325 e. The van der Waals surface area contributed by atoms with E-state index in [9.17, 15) is 0 Å². The van der Waals surface area contributed by atoms with Crippen LogP contribution in [-0.2, 0) is 13.0 Å². The Morgan fingerprint density at radius 3 is 3.00 bits per heavy atom. The molecule has 1 fully saturated rings. The average Bonchev–Trinajstić information content (AvgIpc) is 2.97. The molecule has 5 nitrogen and oxygen atoms in total. The van der Waals surface area contributed by atoms with Crippen LogP contribution in [0.1, 0.15) is 17.9 Å². The van der Waals surface area contributed by atoms with Crippen LogP contribution >= 0.6 is 0 Å². The maximum absolute atomic E-state index is 5.79. The molecule has 18 heavy (non-hydrogen) atoms. The topological polar surface area (TPSA) is 59.5 Å². The zero-order valence-electron chi connectivity index (χ0n) is 10.7. The van der Waals surface area contributed by atoms with Gasteiger partial charge in [0.25, 0.3) is 0 Å². The van der Waals surface area contributed by atoms with Crippen molar-refractivity contribution in [1.29, 1.82) is 0 Å². The van der Waals surface area contributed by atoms with Gasteiger partial charge in [0.05, 0.1) is 0 Å². The molecule has 0 bridgehead atoms. The van der Waals surface area contributed by atoms with E-state index in [4.69, 9.17) is 5.73 Å². The van der Waals surface area contributed by atoms with Gasteiger partial charge in [0.1, 0.15) is 5.82 Å². The van der Waals surface area contributed by atoms with E-state index in [0.717, 1.165) is 30.1 Å². The van der Waals surface area contributed by atoms with E-state index >= 15 is 0 Å². The van der Waals surface area contributed by atoms with Crippen LogP contribution in [0.25, 0.3) is 5.65 Å². The van der Waals surface area contributed by atoms with Crippen LogP contribution < -0.4 is 5.73 Å². The summed E-state index contributed by atoms with van der Waals surface area (Å²) in [5.74, 6) is 1.74. The Morgan fingerprint density at radius 1 is 1.39 bits per heavy atom. The Morgan fingerprint density at radius 2 is 2.28 bits per heavy atom. The van der Waals surface area contributed by atoms with Crippen molar-refractivity contribution < 1.29 is 0 Å². The third kappa shape index (κ3) is 2.00. The van der Waals surface area contributed by atoms with Crippen molar-refractivity contribution in [2.24, 2.45) is 11.7 Å². The maximum atomic E-state index is 5.79. The molecule has 0 aliphatic carbocycles. The summed E-state index contributed by atoms with van der Waals surface area (Å²) in [5, 5.41) is 8.56. The van der Waals surface area contributed by atoms with E-state index in [0.29, 0.717) is 12.5 Å². The molecule has 5 heteroatoms. The maximum Gasteiger partial charge on any atom is 0.161 e. The fourth-order valence-electron chi connectivity index (χ4n) is 2.81. The number of rotatable bonds is 3. The average molecular weight is 245 g/mol. The second kappa shape index (κ2) is 4.66. The molecule has 2 aromatic rings. The molecule has 96 valence electrons. The Bertz CT molecular complexity index is 547. The summed E-state index contributed by atoms with van der Waals surface area (Å²) in [6.07, 6.45) is 2.23. The Labute approximate surface area is 107 Å². The highest BCUT2D eigenvalue weighted by molar-refractivity contribution is 5.40. The molecule has 1 saturated heterocycles. The smallest absolute Gasteiger partial charge is 0.161 e. The van der Waals surface area contributed by atoms with Crippen LogP contribution in [0.5, 0.6) is 0 Å². The lowest BCUT2D eigenvalue weighted by atomic mass is 10.0. The quantitative estimate of drug-likeness (QED) is 0.864. The number of likely N-dealkylation sites (tertiary alicyclic amines) is 1. The van der Waals surface area contributed by atoms with Gasteiger partial charge in [0.2, 0.25) is 0 Å². The van der Waals surface area contributed by atoms with Gasteiger partial charge >= 0.3 is 0 Å². The molecule has 0 spiro atoms. The highest BCUT2D eigenvalue weighted by atomic mass is 15.3. The molecule has 0 aromatic carbocycles. The highest BCUT2D eigenvalue weighted by Crippen LogP contribution is 2.19. The minimum Gasteiger partial charge on any atom is -0.325 e. The lowest BCUT2D eigenvalue weighted by Gasteiger charge is -2.10. The van der Waals surface area contributed by atoms with Gasteiger partial charge in [0.15, 0.2) is 5.65 Å². The second-order valence-electron chi connectivity index (χ2n) is 5.15. The minimum absolute atomic E-state index is 0.521. The third-order valence-electron chi connectivity index (χ3n) is 3.75. The number of hydrogen-bond acceptors (Lipinski definition) is 4. The number of fused-ring (bicyclic) bond motifs is 1. The standard InChI is InChI=1S/C13H19N5/c1-17-6-5-10(9-17)7-13-16-15-12-4-2-3-11(8-14)18(12)13/h2-4,10H,5-9,14H2,1H3. The van der Waals surface area contributed by atoms with Crippen LogP contribution in [0.4, 0.5) is 0 Å². The summed E-state index contributed by atoms with van der Waals surface area (Å²) < 4.78 is 2.11. The number of pyridine rings is 1. The molecule has 1 unspecified atom stereocenters. The molecular formula is C13H19N5. The van der Waals surface area contributed by atoms with Crippen LogP contribution in [0.2, 0.25) is 0 Å². The van der Waals surface area contributed by atoms with E-state index in [1.54, 1.807) is 0 Å². The van der Waals surface area contributed by atoms with Crippen molar-refractivity contribution in [3.05, 3.63) is 29.7 Å². The van der Waals surface area contributed by atoms with Crippen LogP contribution in [0, 0.1) is 5.92 Å². The van der Waals surface area contributed by atoms with Gasteiger partial charge in [0, 0.05) is 25.2 Å². The van der Waals surface area contributed by atoms with Gasteiger partial charge in [-0.25, -0.2) is 0 Å². The first-order chi connectivity index (χ1) is 8.78. The summed E-state index contributed by atoms with van der Waals surface area (Å²) in [4.78, 5) is 2.37. The lowest BCUT2D eigenvalue weighted by molar-refractivity contribution is 0.392. The molecule has 0 saturated carbocycles. The van der Waals surface area contributed by atoms with Crippen molar-refractivity contribution in [3.63, 3.8) is 0 Å². The Kier molecular flexibility index (Phi) is 3.01. The molecule has 2 aromatic heterocycles. The molecular weight excluding hydrogens is 226 g/mol. The van der Waals surface area contributed by atoms with Gasteiger partial charge in [-0.1, -0.05) is 6.07 Å². The first-order valence-electron chi connectivity index (χ1n) is 6.48. The zero-order chi connectivity index (χ0) is 12.5. The third-order valence-corrected chi connectivity index (χ3v) is 3.75. The van der Waals surface area contributed by atoms with E-state index in [2.05, 4.69) is 26.5 Å². The minimum atomic E-state index is 0.521. The zero-order valence-corrected chi connectivity index (χ0v) is 10.7. The van der Waals surface area contributed by atoms with E-state index < -0.39 is 0 Å². The molecule has 3 heterocycles. The predicted molar refractivity (Wildman–Crippen MR) is 70.2 cm³/mol. The molecule has 0 radical (unpaired) electrons.